The van der Waals surface area contributed by atoms with E-state index >= 15 is 0 Å². The minimum atomic E-state index is -3.17. The molecule has 27 heavy (non-hydrogen) atoms. The van der Waals surface area contributed by atoms with Gasteiger partial charge in [0, 0.05) is 36.3 Å². The highest BCUT2D eigenvalue weighted by Crippen LogP contribution is 2.25. The zero-order valence-electron chi connectivity index (χ0n) is 15.8. The number of hydrogen-bond donors (Lipinski definition) is 0. The van der Waals surface area contributed by atoms with Crippen molar-refractivity contribution in [2.75, 3.05) is 26.0 Å². The van der Waals surface area contributed by atoms with Gasteiger partial charge in [-0.3, -0.25) is 4.90 Å². The molecule has 0 unspecified atom stereocenters. The van der Waals surface area contributed by atoms with Crippen LogP contribution in [0.15, 0.2) is 53.4 Å². The fourth-order valence-electron chi connectivity index (χ4n) is 3.61. The predicted molar refractivity (Wildman–Crippen MR) is 109 cm³/mol. The van der Waals surface area contributed by atoms with Crippen LogP contribution in [0.4, 0.5) is 0 Å². The lowest BCUT2D eigenvalue weighted by Crippen LogP contribution is -2.29. The van der Waals surface area contributed by atoms with Gasteiger partial charge in [0.05, 0.1) is 11.5 Å². The van der Waals surface area contributed by atoms with Crippen molar-refractivity contribution in [2.45, 2.75) is 30.7 Å². The SMILES string of the molecule is C[C@@H]1C[C@H](COc2ccc(S(C)(=O)=O)cc2)CN1CCc1cccc(Cl)c1. The Labute approximate surface area is 167 Å². The maximum absolute atomic E-state index is 11.5. The van der Waals surface area contributed by atoms with Crippen LogP contribution < -0.4 is 4.74 Å². The molecular formula is C21H26ClNO3S. The molecule has 1 aliphatic rings. The monoisotopic (exact) mass is 407 g/mol. The summed E-state index contributed by atoms with van der Waals surface area (Å²) < 4.78 is 28.9. The first kappa shape index (κ1) is 20.2. The van der Waals surface area contributed by atoms with Crippen molar-refractivity contribution in [1.29, 1.82) is 0 Å². The molecule has 0 bridgehead atoms. The number of ether oxygens (including phenoxy) is 1. The van der Waals surface area contributed by atoms with E-state index in [2.05, 4.69) is 17.9 Å². The normalized spacial score (nSPS) is 20.7. The molecule has 2 atom stereocenters. The lowest BCUT2D eigenvalue weighted by atomic mass is 10.1. The summed E-state index contributed by atoms with van der Waals surface area (Å²) in [5, 5.41) is 0.787. The van der Waals surface area contributed by atoms with Crippen LogP contribution in [0.3, 0.4) is 0 Å². The smallest absolute Gasteiger partial charge is 0.175 e. The molecule has 0 aromatic heterocycles. The molecule has 1 heterocycles. The van der Waals surface area contributed by atoms with Gasteiger partial charge in [0.2, 0.25) is 0 Å². The quantitative estimate of drug-likeness (QED) is 0.693. The molecule has 146 valence electrons. The molecule has 1 aliphatic heterocycles. The number of nitrogens with zero attached hydrogens (tertiary/aromatic N) is 1. The van der Waals surface area contributed by atoms with Gasteiger partial charge in [-0.25, -0.2) is 8.42 Å². The Morgan fingerprint density at radius 3 is 2.59 bits per heavy atom. The third-order valence-electron chi connectivity index (χ3n) is 5.10. The molecule has 1 saturated heterocycles. The Balaban J connectivity index is 1.48. The van der Waals surface area contributed by atoms with Crippen molar-refractivity contribution < 1.29 is 13.2 Å². The van der Waals surface area contributed by atoms with E-state index in [9.17, 15) is 8.42 Å². The second-order valence-electron chi connectivity index (χ2n) is 7.38. The van der Waals surface area contributed by atoms with Gasteiger partial charge in [-0.15, -0.1) is 0 Å². The molecule has 0 saturated carbocycles. The predicted octanol–water partition coefficient (Wildman–Crippen LogP) is 4.08. The number of likely N-dealkylation sites (tertiary alicyclic amines) is 1. The summed E-state index contributed by atoms with van der Waals surface area (Å²) in [6, 6.07) is 15.2. The maximum atomic E-state index is 11.5. The molecule has 1 fully saturated rings. The van der Waals surface area contributed by atoms with Crippen molar-refractivity contribution in [3.63, 3.8) is 0 Å². The van der Waals surface area contributed by atoms with Crippen LogP contribution >= 0.6 is 11.6 Å². The fourth-order valence-corrected chi connectivity index (χ4v) is 4.46. The highest BCUT2D eigenvalue weighted by Gasteiger charge is 2.29. The third-order valence-corrected chi connectivity index (χ3v) is 6.47. The van der Waals surface area contributed by atoms with Crippen LogP contribution in [0.1, 0.15) is 18.9 Å². The van der Waals surface area contributed by atoms with Crippen molar-refractivity contribution in [1.82, 2.24) is 4.90 Å². The summed E-state index contributed by atoms with van der Waals surface area (Å²) in [6.07, 6.45) is 3.31. The molecule has 0 aliphatic carbocycles. The third kappa shape index (κ3) is 5.71. The molecule has 0 spiro atoms. The largest absolute Gasteiger partial charge is 0.493 e. The first-order valence-corrected chi connectivity index (χ1v) is 11.5. The van der Waals surface area contributed by atoms with Gasteiger partial charge in [0.1, 0.15) is 5.75 Å². The van der Waals surface area contributed by atoms with Gasteiger partial charge in [0.25, 0.3) is 0 Å². The average molecular weight is 408 g/mol. The lowest BCUT2D eigenvalue weighted by Gasteiger charge is -2.21. The molecule has 0 amide bonds. The van der Waals surface area contributed by atoms with Gasteiger partial charge >= 0.3 is 0 Å². The van der Waals surface area contributed by atoms with E-state index in [-0.39, 0.29) is 0 Å². The minimum Gasteiger partial charge on any atom is -0.493 e. The number of sulfone groups is 1. The number of benzene rings is 2. The van der Waals surface area contributed by atoms with E-state index in [1.807, 2.05) is 18.2 Å². The van der Waals surface area contributed by atoms with Crippen LogP contribution in [0, 0.1) is 5.92 Å². The van der Waals surface area contributed by atoms with Crippen molar-refractivity contribution in [3.8, 4) is 5.75 Å². The summed E-state index contributed by atoms with van der Waals surface area (Å²) in [4.78, 5) is 2.82. The summed E-state index contributed by atoms with van der Waals surface area (Å²) >= 11 is 6.06. The Morgan fingerprint density at radius 1 is 1.19 bits per heavy atom. The molecule has 2 aromatic carbocycles. The van der Waals surface area contributed by atoms with Crippen LogP contribution in [0.25, 0.3) is 0 Å². The van der Waals surface area contributed by atoms with Crippen molar-refractivity contribution in [2.24, 2.45) is 5.92 Å². The fraction of sp³-hybridized carbons (Fsp3) is 0.429. The standard InChI is InChI=1S/C21H26ClNO3S/c1-16-12-18(14-23(16)11-10-17-4-3-5-19(22)13-17)15-26-20-6-8-21(9-7-20)27(2,24)25/h3-9,13,16,18H,10-12,14-15H2,1-2H3/t16-,18+/m1/s1. The molecule has 3 rings (SSSR count). The number of rotatable bonds is 7. The van der Waals surface area contributed by atoms with Gasteiger partial charge < -0.3 is 4.74 Å². The highest BCUT2D eigenvalue weighted by atomic mass is 35.5. The number of halogens is 1. The van der Waals surface area contributed by atoms with Gasteiger partial charge in [-0.1, -0.05) is 23.7 Å². The molecule has 0 N–H and O–H groups in total. The van der Waals surface area contributed by atoms with Crippen LogP contribution in [-0.2, 0) is 16.3 Å². The summed E-state index contributed by atoms with van der Waals surface area (Å²) in [7, 11) is -3.17. The van der Waals surface area contributed by atoms with Crippen LogP contribution in [0.5, 0.6) is 5.75 Å². The van der Waals surface area contributed by atoms with E-state index in [0.29, 0.717) is 29.2 Å². The maximum Gasteiger partial charge on any atom is 0.175 e. The van der Waals surface area contributed by atoms with E-state index < -0.39 is 9.84 Å². The molecule has 4 nitrogen and oxygen atoms in total. The topological polar surface area (TPSA) is 46.6 Å². The Hall–Kier alpha value is -1.56. The number of hydrogen-bond acceptors (Lipinski definition) is 4. The average Bonchev–Trinajstić information content (AvgIpc) is 2.98. The first-order chi connectivity index (χ1) is 12.8. The summed E-state index contributed by atoms with van der Waals surface area (Å²) in [6.45, 7) is 4.94. The van der Waals surface area contributed by atoms with Crippen LogP contribution in [-0.4, -0.2) is 45.3 Å². The van der Waals surface area contributed by atoms with E-state index in [1.165, 1.54) is 11.8 Å². The Morgan fingerprint density at radius 2 is 1.93 bits per heavy atom. The Kier molecular flexibility index (Phi) is 6.45. The zero-order valence-corrected chi connectivity index (χ0v) is 17.3. The van der Waals surface area contributed by atoms with Gasteiger partial charge in [0.15, 0.2) is 9.84 Å². The second-order valence-corrected chi connectivity index (χ2v) is 9.83. The summed E-state index contributed by atoms with van der Waals surface area (Å²) in [5.41, 5.74) is 1.26. The molecule has 6 heteroatoms. The zero-order chi connectivity index (χ0) is 19.4. The molecule has 2 aromatic rings. The van der Waals surface area contributed by atoms with Gasteiger partial charge in [-0.2, -0.15) is 0 Å². The van der Waals surface area contributed by atoms with E-state index in [1.54, 1.807) is 24.3 Å². The van der Waals surface area contributed by atoms with Crippen molar-refractivity contribution >= 4 is 21.4 Å². The molecular weight excluding hydrogens is 382 g/mol. The highest BCUT2D eigenvalue weighted by molar-refractivity contribution is 7.90. The first-order valence-electron chi connectivity index (χ1n) is 9.22. The van der Waals surface area contributed by atoms with E-state index in [4.69, 9.17) is 16.3 Å². The molecule has 0 radical (unpaired) electrons. The van der Waals surface area contributed by atoms with E-state index in [0.717, 1.165) is 31.0 Å². The minimum absolute atomic E-state index is 0.316. The Bertz CT molecular complexity index is 867. The second kappa shape index (κ2) is 8.63. The van der Waals surface area contributed by atoms with Gasteiger partial charge in [-0.05, 0) is 61.7 Å². The van der Waals surface area contributed by atoms with Crippen molar-refractivity contribution in [3.05, 3.63) is 59.1 Å². The summed E-state index contributed by atoms with van der Waals surface area (Å²) in [5.74, 6) is 1.20. The van der Waals surface area contributed by atoms with Crippen LogP contribution in [0.2, 0.25) is 5.02 Å². The lowest BCUT2D eigenvalue weighted by molar-refractivity contribution is 0.234.